The molecule has 6 heteroatoms. The van der Waals surface area contributed by atoms with Gasteiger partial charge in [0.2, 0.25) is 0 Å². The van der Waals surface area contributed by atoms with E-state index in [1.165, 1.54) is 25.1 Å². The summed E-state index contributed by atoms with van der Waals surface area (Å²) in [6.45, 7) is 5.51. The Bertz CT molecular complexity index is 516. The predicted octanol–water partition coefficient (Wildman–Crippen LogP) is 2.77. The third kappa shape index (κ3) is 4.93. The molecule has 1 atom stereocenters. The molecule has 0 aliphatic rings. The van der Waals surface area contributed by atoms with E-state index in [2.05, 4.69) is 5.32 Å². The maximum atomic E-state index is 11.9. The molecule has 0 spiro atoms. The Hall–Kier alpha value is -1.75. The van der Waals surface area contributed by atoms with Gasteiger partial charge in [0.25, 0.3) is 5.91 Å². The molecule has 0 fully saturated rings. The molecule has 0 aromatic heterocycles. The predicted molar refractivity (Wildman–Crippen MR) is 83.3 cm³/mol. The number of hydrogen-bond donors (Lipinski definition) is 2. The van der Waals surface area contributed by atoms with Gasteiger partial charge in [0.1, 0.15) is 0 Å². The molecule has 1 aromatic rings. The SMILES string of the molecule is CCC(CC)NC(=O)C(C)OC(=O)c1ccc(Cl)c(N)c1. The standard InChI is InChI=1S/C15H21ClN2O3/c1-4-11(5-2)18-14(19)9(3)21-15(20)10-6-7-12(16)13(17)8-10/h6-9,11H,4-5,17H2,1-3H3,(H,18,19). The number of halogens is 1. The molecule has 0 bridgehead atoms. The van der Waals surface area contributed by atoms with Crippen LogP contribution in [0.15, 0.2) is 18.2 Å². The second-order valence-corrected chi connectivity index (χ2v) is 5.21. The number of carbonyl (C=O) groups is 2. The van der Waals surface area contributed by atoms with Crippen molar-refractivity contribution in [1.29, 1.82) is 0 Å². The summed E-state index contributed by atoms with van der Waals surface area (Å²) in [4.78, 5) is 23.9. The molecule has 1 aromatic carbocycles. The molecule has 0 saturated carbocycles. The highest BCUT2D eigenvalue weighted by Gasteiger charge is 2.20. The Morgan fingerprint density at radius 2 is 1.95 bits per heavy atom. The Balaban J connectivity index is 2.64. The number of ether oxygens (including phenoxy) is 1. The Labute approximate surface area is 129 Å². The van der Waals surface area contributed by atoms with Crippen LogP contribution in [0.5, 0.6) is 0 Å². The van der Waals surface area contributed by atoms with Crippen LogP contribution in [-0.4, -0.2) is 24.0 Å². The van der Waals surface area contributed by atoms with Crippen molar-refractivity contribution in [3.05, 3.63) is 28.8 Å². The zero-order valence-electron chi connectivity index (χ0n) is 12.5. The van der Waals surface area contributed by atoms with Gasteiger partial charge >= 0.3 is 5.97 Å². The quantitative estimate of drug-likeness (QED) is 0.625. The van der Waals surface area contributed by atoms with Crippen LogP contribution in [0.25, 0.3) is 0 Å². The number of esters is 1. The first kappa shape index (κ1) is 17.3. The lowest BCUT2D eigenvalue weighted by Crippen LogP contribution is -2.41. The summed E-state index contributed by atoms with van der Waals surface area (Å²) < 4.78 is 5.13. The molecular weight excluding hydrogens is 292 g/mol. The Morgan fingerprint density at radius 1 is 1.33 bits per heavy atom. The molecule has 0 radical (unpaired) electrons. The van der Waals surface area contributed by atoms with E-state index in [-0.39, 0.29) is 17.5 Å². The average molecular weight is 313 g/mol. The van der Waals surface area contributed by atoms with Gasteiger partial charge in [0.15, 0.2) is 6.10 Å². The Kier molecular flexibility index (Phi) is 6.49. The van der Waals surface area contributed by atoms with Gasteiger partial charge in [-0.25, -0.2) is 4.79 Å². The minimum absolute atomic E-state index is 0.0878. The lowest BCUT2D eigenvalue weighted by Gasteiger charge is -2.18. The van der Waals surface area contributed by atoms with Crippen molar-refractivity contribution in [3.8, 4) is 0 Å². The van der Waals surface area contributed by atoms with Crippen molar-refractivity contribution >= 4 is 29.2 Å². The summed E-state index contributed by atoms with van der Waals surface area (Å²) in [5.41, 5.74) is 6.19. The molecule has 1 amide bonds. The summed E-state index contributed by atoms with van der Waals surface area (Å²) >= 11 is 5.79. The van der Waals surface area contributed by atoms with Crippen LogP contribution in [-0.2, 0) is 9.53 Å². The zero-order valence-corrected chi connectivity index (χ0v) is 13.2. The Morgan fingerprint density at radius 3 is 2.48 bits per heavy atom. The first-order valence-electron chi connectivity index (χ1n) is 6.95. The molecule has 0 aliphatic heterocycles. The fourth-order valence-electron chi connectivity index (χ4n) is 1.76. The van der Waals surface area contributed by atoms with Gasteiger partial charge in [-0.15, -0.1) is 0 Å². The summed E-state index contributed by atoms with van der Waals surface area (Å²) in [5.74, 6) is -0.912. The maximum absolute atomic E-state index is 11.9. The molecule has 21 heavy (non-hydrogen) atoms. The van der Waals surface area contributed by atoms with Gasteiger partial charge in [0.05, 0.1) is 16.3 Å². The van der Waals surface area contributed by atoms with Crippen LogP contribution in [0.2, 0.25) is 5.02 Å². The van der Waals surface area contributed by atoms with Crippen LogP contribution >= 0.6 is 11.6 Å². The topological polar surface area (TPSA) is 81.4 Å². The van der Waals surface area contributed by atoms with Gasteiger partial charge in [-0.1, -0.05) is 25.4 Å². The van der Waals surface area contributed by atoms with Gasteiger partial charge < -0.3 is 15.8 Å². The van der Waals surface area contributed by atoms with E-state index in [0.29, 0.717) is 10.7 Å². The number of amides is 1. The van der Waals surface area contributed by atoms with Crippen molar-refractivity contribution in [2.75, 3.05) is 5.73 Å². The zero-order chi connectivity index (χ0) is 16.0. The highest BCUT2D eigenvalue weighted by molar-refractivity contribution is 6.33. The maximum Gasteiger partial charge on any atom is 0.338 e. The second-order valence-electron chi connectivity index (χ2n) is 4.81. The fourth-order valence-corrected chi connectivity index (χ4v) is 1.88. The van der Waals surface area contributed by atoms with E-state index in [0.717, 1.165) is 12.8 Å². The van der Waals surface area contributed by atoms with E-state index < -0.39 is 12.1 Å². The largest absolute Gasteiger partial charge is 0.449 e. The first-order chi connectivity index (χ1) is 9.88. The van der Waals surface area contributed by atoms with Crippen molar-refractivity contribution in [2.45, 2.75) is 45.8 Å². The minimum atomic E-state index is -0.866. The number of benzene rings is 1. The third-order valence-corrected chi connectivity index (χ3v) is 3.56. The van der Waals surface area contributed by atoms with E-state index >= 15 is 0 Å². The molecule has 116 valence electrons. The summed E-state index contributed by atoms with van der Waals surface area (Å²) in [6.07, 6.45) is 0.794. The summed E-state index contributed by atoms with van der Waals surface area (Å²) in [6, 6.07) is 4.54. The van der Waals surface area contributed by atoms with E-state index in [9.17, 15) is 9.59 Å². The number of hydrogen-bond acceptors (Lipinski definition) is 4. The molecule has 0 heterocycles. The van der Waals surface area contributed by atoms with E-state index in [4.69, 9.17) is 22.1 Å². The van der Waals surface area contributed by atoms with Gasteiger partial charge in [-0.05, 0) is 38.0 Å². The van der Waals surface area contributed by atoms with Crippen LogP contribution in [0, 0.1) is 0 Å². The van der Waals surface area contributed by atoms with Gasteiger partial charge in [0, 0.05) is 6.04 Å². The molecule has 1 unspecified atom stereocenters. The van der Waals surface area contributed by atoms with Crippen LogP contribution in [0.1, 0.15) is 44.0 Å². The van der Waals surface area contributed by atoms with Crippen molar-refractivity contribution in [1.82, 2.24) is 5.32 Å². The monoisotopic (exact) mass is 312 g/mol. The van der Waals surface area contributed by atoms with Crippen molar-refractivity contribution < 1.29 is 14.3 Å². The fraction of sp³-hybridized carbons (Fsp3) is 0.467. The van der Waals surface area contributed by atoms with E-state index in [1.54, 1.807) is 0 Å². The van der Waals surface area contributed by atoms with Crippen LogP contribution in [0.3, 0.4) is 0 Å². The molecular formula is C15H21ClN2O3. The van der Waals surface area contributed by atoms with Gasteiger partial charge in [-0.2, -0.15) is 0 Å². The third-order valence-electron chi connectivity index (χ3n) is 3.22. The lowest BCUT2D eigenvalue weighted by molar-refractivity contribution is -0.129. The van der Waals surface area contributed by atoms with Crippen LogP contribution in [0.4, 0.5) is 5.69 Å². The highest BCUT2D eigenvalue weighted by atomic mass is 35.5. The smallest absolute Gasteiger partial charge is 0.338 e. The molecule has 3 N–H and O–H groups in total. The number of nitrogens with one attached hydrogen (secondary N) is 1. The number of anilines is 1. The van der Waals surface area contributed by atoms with Crippen molar-refractivity contribution in [2.24, 2.45) is 0 Å². The molecule has 0 aliphatic carbocycles. The number of nitrogen functional groups attached to an aromatic ring is 1. The molecule has 5 nitrogen and oxygen atoms in total. The van der Waals surface area contributed by atoms with Crippen LogP contribution < -0.4 is 11.1 Å². The first-order valence-corrected chi connectivity index (χ1v) is 7.33. The lowest BCUT2D eigenvalue weighted by atomic mass is 10.1. The highest BCUT2D eigenvalue weighted by Crippen LogP contribution is 2.20. The number of carbonyl (C=O) groups excluding carboxylic acids is 2. The number of rotatable bonds is 6. The summed E-state index contributed by atoms with van der Waals surface area (Å²) in [5, 5.41) is 3.20. The molecule has 1 rings (SSSR count). The van der Waals surface area contributed by atoms with E-state index in [1.807, 2.05) is 13.8 Å². The van der Waals surface area contributed by atoms with Gasteiger partial charge in [-0.3, -0.25) is 4.79 Å². The average Bonchev–Trinajstić information content (AvgIpc) is 2.46. The normalized spacial score (nSPS) is 12.0. The molecule has 0 saturated heterocycles. The second kappa shape index (κ2) is 7.88. The minimum Gasteiger partial charge on any atom is -0.449 e. The summed E-state index contributed by atoms with van der Waals surface area (Å²) in [7, 11) is 0. The van der Waals surface area contributed by atoms with Crippen molar-refractivity contribution in [3.63, 3.8) is 0 Å². The number of nitrogens with two attached hydrogens (primary N) is 1.